The second-order valence-electron chi connectivity index (χ2n) is 6.17. The molecule has 7 nitrogen and oxygen atoms in total. The van der Waals surface area contributed by atoms with Crippen molar-refractivity contribution in [2.24, 2.45) is 4.99 Å². The number of nitrogens with one attached hydrogen (secondary N) is 3. The molecule has 0 aliphatic carbocycles. The van der Waals surface area contributed by atoms with Gasteiger partial charge in [0.25, 0.3) is 5.91 Å². The molecule has 154 valence electrons. The molecule has 2 heterocycles. The summed E-state index contributed by atoms with van der Waals surface area (Å²) in [6, 6.07) is 15.0. The van der Waals surface area contributed by atoms with E-state index in [2.05, 4.69) is 25.5 Å². The van der Waals surface area contributed by atoms with Crippen molar-refractivity contribution in [2.45, 2.75) is 20.0 Å². The molecular formula is C21H26IN5O2. The number of furan rings is 1. The van der Waals surface area contributed by atoms with E-state index in [1.807, 2.05) is 55.7 Å². The van der Waals surface area contributed by atoms with Crippen LogP contribution in [0.1, 0.15) is 23.0 Å². The van der Waals surface area contributed by atoms with Crippen LogP contribution in [0.5, 0.6) is 0 Å². The van der Waals surface area contributed by atoms with Gasteiger partial charge in [-0.1, -0.05) is 12.1 Å². The molecule has 0 fully saturated rings. The van der Waals surface area contributed by atoms with Crippen LogP contribution in [0.15, 0.2) is 76.6 Å². The molecule has 3 rings (SSSR count). The maximum absolute atomic E-state index is 12.0. The Labute approximate surface area is 187 Å². The predicted molar refractivity (Wildman–Crippen MR) is 126 cm³/mol. The summed E-state index contributed by atoms with van der Waals surface area (Å²) in [5, 5.41) is 9.38. The number of carbonyl (C=O) groups excluding carboxylic acids is 1. The minimum Gasteiger partial charge on any atom is -0.459 e. The van der Waals surface area contributed by atoms with Crippen LogP contribution in [0.2, 0.25) is 0 Å². The molecule has 1 amide bonds. The van der Waals surface area contributed by atoms with Crippen molar-refractivity contribution in [1.82, 2.24) is 15.2 Å². The van der Waals surface area contributed by atoms with Crippen molar-refractivity contribution in [3.8, 4) is 0 Å². The summed E-state index contributed by atoms with van der Waals surface area (Å²) in [5.41, 5.74) is 1.77. The van der Waals surface area contributed by atoms with Gasteiger partial charge < -0.3 is 24.9 Å². The zero-order valence-electron chi connectivity index (χ0n) is 16.3. The summed E-state index contributed by atoms with van der Waals surface area (Å²) in [6.07, 6.45) is 5.56. The Hall–Kier alpha value is -2.75. The van der Waals surface area contributed by atoms with Crippen LogP contribution >= 0.6 is 24.0 Å². The van der Waals surface area contributed by atoms with Crippen LogP contribution in [0.4, 0.5) is 5.69 Å². The number of guanidine groups is 1. The molecule has 3 N–H and O–H groups in total. The third-order valence-electron chi connectivity index (χ3n) is 4.05. The van der Waals surface area contributed by atoms with E-state index in [0.29, 0.717) is 12.2 Å². The van der Waals surface area contributed by atoms with Crippen molar-refractivity contribution in [3.63, 3.8) is 0 Å². The number of hydrogen-bond acceptors (Lipinski definition) is 3. The summed E-state index contributed by atoms with van der Waals surface area (Å²) in [7, 11) is 0. The summed E-state index contributed by atoms with van der Waals surface area (Å²) in [6.45, 7) is 5.05. The van der Waals surface area contributed by atoms with E-state index in [1.54, 1.807) is 12.1 Å². The maximum Gasteiger partial charge on any atom is 0.291 e. The molecule has 0 aliphatic rings. The highest BCUT2D eigenvalue weighted by Crippen LogP contribution is 2.12. The minimum atomic E-state index is -0.267. The van der Waals surface area contributed by atoms with Gasteiger partial charge in [-0.25, -0.2) is 4.99 Å². The first-order valence-electron chi connectivity index (χ1n) is 9.31. The number of rotatable bonds is 8. The molecule has 0 aliphatic heterocycles. The van der Waals surface area contributed by atoms with Crippen molar-refractivity contribution in [3.05, 3.63) is 78.5 Å². The number of benzene rings is 1. The lowest BCUT2D eigenvalue weighted by Gasteiger charge is -2.12. The Bertz CT molecular complexity index is 874. The van der Waals surface area contributed by atoms with E-state index < -0.39 is 0 Å². The van der Waals surface area contributed by atoms with Crippen LogP contribution in [-0.4, -0.2) is 29.5 Å². The number of anilines is 1. The Balaban J connectivity index is 0.00000300. The van der Waals surface area contributed by atoms with Crippen molar-refractivity contribution in [2.75, 3.05) is 18.4 Å². The average Bonchev–Trinajstić information content (AvgIpc) is 3.41. The van der Waals surface area contributed by atoms with Gasteiger partial charge in [0.15, 0.2) is 11.7 Å². The van der Waals surface area contributed by atoms with Crippen LogP contribution in [-0.2, 0) is 13.1 Å². The zero-order chi connectivity index (χ0) is 19.6. The highest BCUT2D eigenvalue weighted by Gasteiger charge is 2.08. The minimum absolute atomic E-state index is 0. The Morgan fingerprint density at radius 1 is 1.07 bits per heavy atom. The van der Waals surface area contributed by atoms with Gasteiger partial charge in [0.2, 0.25) is 0 Å². The number of aromatic nitrogens is 1. The SMILES string of the molecule is CCNC(=NCc1ccc(NC(=O)c2ccco2)cc1)NCCn1cccc1.I. The standard InChI is InChI=1S/C21H25N5O2.HI/c1-2-22-21(23-11-14-26-12-3-4-13-26)24-16-17-7-9-18(10-8-17)25-20(27)19-6-5-15-28-19;/h3-10,12-13,15H,2,11,14,16H2,1H3,(H,25,27)(H2,22,23,24);1H. The van der Waals surface area contributed by atoms with Crippen LogP contribution in [0, 0.1) is 0 Å². The van der Waals surface area contributed by atoms with Gasteiger partial charge in [0.1, 0.15) is 0 Å². The Morgan fingerprint density at radius 3 is 2.48 bits per heavy atom. The third-order valence-corrected chi connectivity index (χ3v) is 4.05. The molecule has 0 spiro atoms. The molecule has 0 saturated carbocycles. The normalized spacial score (nSPS) is 10.9. The topological polar surface area (TPSA) is 83.6 Å². The molecule has 0 saturated heterocycles. The number of halogens is 1. The fraction of sp³-hybridized carbons (Fsp3) is 0.238. The highest BCUT2D eigenvalue weighted by atomic mass is 127. The first-order chi connectivity index (χ1) is 13.7. The molecule has 0 unspecified atom stereocenters. The second kappa shape index (κ2) is 11.9. The molecule has 0 atom stereocenters. The molecule has 29 heavy (non-hydrogen) atoms. The van der Waals surface area contributed by atoms with Crippen molar-refractivity contribution >= 4 is 41.5 Å². The molecular weight excluding hydrogens is 481 g/mol. The lowest BCUT2D eigenvalue weighted by atomic mass is 10.2. The summed E-state index contributed by atoms with van der Waals surface area (Å²) < 4.78 is 7.21. The summed E-state index contributed by atoms with van der Waals surface area (Å²) in [5.74, 6) is 0.803. The van der Waals surface area contributed by atoms with Gasteiger partial charge in [0.05, 0.1) is 12.8 Å². The number of carbonyl (C=O) groups is 1. The van der Waals surface area contributed by atoms with E-state index in [-0.39, 0.29) is 35.6 Å². The Morgan fingerprint density at radius 2 is 1.83 bits per heavy atom. The number of amides is 1. The zero-order valence-corrected chi connectivity index (χ0v) is 18.6. The molecule has 3 aromatic rings. The van der Waals surface area contributed by atoms with E-state index >= 15 is 0 Å². The molecule has 1 aromatic carbocycles. The second-order valence-corrected chi connectivity index (χ2v) is 6.17. The highest BCUT2D eigenvalue weighted by molar-refractivity contribution is 14.0. The van der Waals surface area contributed by atoms with Gasteiger partial charge in [-0.3, -0.25) is 4.79 Å². The van der Waals surface area contributed by atoms with Crippen molar-refractivity contribution in [1.29, 1.82) is 0 Å². The Kier molecular flexibility index (Phi) is 9.29. The summed E-state index contributed by atoms with van der Waals surface area (Å²) in [4.78, 5) is 16.6. The molecule has 0 bridgehead atoms. The maximum atomic E-state index is 12.0. The largest absolute Gasteiger partial charge is 0.459 e. The van der Waals surface area contributed by atoms with Crippen molar-refractivity contribution < 1.29 is 9.21 Å². The third kappa shape index (κ3) is 7.30. The van der Waals surface area contributed by atoms with Gasteiger partial charge in [0, 0.05) is 37.7 Å². The fourth-order valence-electron chi connectivity index (χ4n) is 2.63. The van der Waals surface area contributed by atoms with Crippen LogP contribution in [0.3, 0.4) is 0 Å². The van der Waals surface area contributed by atoms with Gasteiger partial charge in [-0.05, 0) is 48.9 Å². The van der Waals surface area contributed by atoms with E-state index in [0.717, 1.165) is 31.2 Å². The number of hydrogen-bond donors (Lipinski definition) is 3. The van der Waals surface area contributed by atoms with E-state index in [4.69, 9.17) is 4.42 Å². The predicted octanol–water partition coefficient (Wildman–Crippen LogP) is 3.71. The van der Waals surface area contributed by atoms with Crippen LogP contribution in [0.25, 0.3) is 0 Å². The van der Waals surface area contributed by atoms with E-state index in [1.165, 1.54) is 6.26 Å². The molecule has 0 radical (unpaired) electrons. The quantitative estimate of drug-likeness (QED) is 0.247. The molecule has 8 heteroatoms. The summed E-state index contributed by atoms with van der Waals surface area (Å²) >= 11 is 0. The van der Waals surface area contributed by atoms with E-state index in [9.17, 15) is 4.79 Å². The lowest BCUT2D eigenvalue weighted by molar-refractivity contribution is 0.0996. The first-order valence-corrected chi connectivity index (χ1v) is 9.31. The van der Waals surface area contributed by atoms with Gasteiger partial charge in [-0.15, -0.1) is 24.0 Å². The van der Waals surface area contributed by atoms with Crippen LogP contribution < -0.4 is 16.0 Å². The van der Waals surface area contributed by atoms with Gasteiger partial charge >= 0.3 is 0 Å². The smallest absolute Gasteiger partial charge is 0.291 e. The van der Waals surface area contributed by atoms with Gasteiger partial charge in [-0.2, -0.15) is 0 Å². The fourth-order valence-corrected chi connectivity index (χ4v) is 2.63. The molecule has 2 aromatic heterocycles. The average molecular weight is 507 g/mol. The number of nitrogens with zero attached hydrogens (tertiary/aromatic N) is 2. The number of aliphatic imine (C=N–C) groups is 1. The first kappa shape index (κ1) is 22.5. The lowest BCUT2D eigenvalue weighted by Crippen LogP contribution is -2.38. The monoisotopic (exact) mass is 507 g/mol.